The maximum atomic E-state index is 12.3. The van der Waals surface area contributed by atoms with Crippen LogP contribution in [0.1, 0.15) is 35.6 Å². The highest BCUT2D eigenvalue weighted by Gasteiger charge is 2.10. The summed E-state index contributed by atoms with van der Waals surface area (Å²) < 4.78 is 0. The van der Waals surface area contributed by atoms with Crippen LogP contribution in [0.2, 0.25) is 5.02 Å². The number of benzene rings is 1. The third-order valence-electron chi connectivity index (χ3n) is 3.37. The second kappa shape index (κ2) is 8.64. The molecular weight excluding hydrogens is 324 g/mol. The molecule has 0 aliphatic heterocycles. The van der Waals surface area contributed by atoms with Gasteiger partial charge in [0.25, 0.3) is 5.91 Å². The number of nitrogens with one attached hydrogen (secondary N) is 2. The number of anilines is 1. The van der Waals surface area contributed by atoms with Crippen molar-refractivity contribution in [3.8, 4) is 0 Å². The lowest BCUT2D eigenvalue weighted by atomic mass is 10.1. The van der Waals surface area contributed by atoms with Crippen LogP contribution in [0.5, 0.6) is 0 Å². The van der Waals surface area contributed by atoms with Gasteiger partial charge in [-0.3, -0.25) is 4.79 Å². The van der Waals surface area contributed by atoms with Crippen molar-refractivity contribution in [2.45, 2.75) is 27.2 Å². The van der Waals surface area contributed by atoms with Gasteiger partial charge in [-0.2, -0.15) is 0 Å². The predicted molar refractivity (Wildman–Crippen MR) is 97.6 cm³/mol. The summed E-state index contributed by atoms with van der Waals surface area (Å²) in [5.74, 6) is 0.777. The van der Waals surface area contributed by atoms with Crippen LogP contribution in [0.4, 0.5) is 5.95 Å². The van der Waals surface area contributed by atoms with Gasteiger partial charge in [0.15, 0.2) is 0 Å². The zero-order valence-electron chi connectivity index (χ0n) is 14.3. The molecule has 1 heterocycles. The highest BCUT2D eigenvalue weighted by atomic mass is 35.5. The molecule has 128 valence electrons. The number of aromatic nitrogens is 2. The molecular formula is C18H23ClN4O. The van der Waals surface area contributed by atoms with Crippen LogP contribution in [-0.4, -0.2) is 29.0 Å². The Morgan fingerprint density at radius 2 is 1.92 bits per heavy atom. The number of carbonyl (C=O) groups is 1. The van der Waals surface area contributed by atoms with Gasteiger partial charge in [-0.15, -0.1) is 0 Å². The van der Waals surface area contributed by atoms with Crippen molar-refractivity contribution in [2.24, 2.45) is 5.92 Å². The highest BCUT2D eigenvalue weighted by molar-refractivity contribution is 6.30. The van der Waals surface area contributed by atoms with Crippen LogP contribution < -0.4 is 10.6 Å². The van der Waals surface area contributed by atoms with Crippen LogP contribution in [0.15, 0.2) is 30.3 Å². The van der Waals surface area contributed by atoms with Gasteiger partial charge >= 0.3 is 0 Å². The van der Waals surface area contributed by atoms with Gasteiger partial charge in [-0.1, -0.05) is 37.6 Å². The van der Waals surface area contributed by atoms with E-state index < -0.39 is 0 Å². The van der Waals surface area contributed by atoms with Crippen molar-refractivity contribution < 1.29 is 4.79 Å². The number of hydrogen-bond donors (Lipinski definition) is 2. The molecule has 0 atom stereocenters. The van der Waals surface area contributed by atoms with E-state index in [2.05, 4.69) is 34.4 Å². The molecule has 0 bridgehead atoms. The maximum absolute atomic E-state index is 12.3. The van der Waals surface area contributed by atoms with E-state index in [4.69, 9.17) is 11.6 Å². The summed E-state index contributed by atoms with van der Waals surface area (Å²) in [5.41, 5.74) is 2.27. The number of rotatable bonds is 7. The van der Waals surface area contributed by atoms with E-state index >= 15 is 0 Å². The monoisotopic (exact) mass is 346 g/mol. The highest BCUT2D eigenvalue weighted by Crippen LogP contribution is 2.10. The van der Waals surface area contributed by atoms with Crippen molar-refractivity contribution in [1.82, 2.24) is 15.3 Å². The molecule has 2 N–H and O–H groups in total. The number of nitrogens with zero attached hydrogens (tertiary/aromatic N) is 2. The van der Waals surface area contributed by atoms with E-state index in [-0.39, 0.29) is 5.91 Å². The standard InChI is InChI=1S/C18H23ClN4O/c1-12(2)11-21-18-22-13(3)10-16(23-18)17(24)20-9-8-14-4-6-15(19)7-5-14/h4-7,10,12H,8-9,11H2,1-3H3,(H,20,24)(H,21,22,23). The lowest BCUT2D eigenvalue weighted by Gasteiger charge is -2.10. The Hall–Kier alpha value is -2.14. The van der Waals surface area contributed by atoms with Crippen molar-refractivity contribution in [3.63, 3.8) is 0 Å². The maximum Gasteiger partial charge on any atom is 0.270 e. The molecule has 1 amide bonds. The van der Waals surface area contributed by atoms with E-state index in [9.17, 15) is 4.79 Å². The Morgan fingerprint density at radius 1 is 1.21 bits per heavy atom. The lowest BCUT2D eigenvalue weighted by molar-refractivity contribution is 0.0949. The van der Waals surface area contributed by atoms with Crippen molar-refractivity contribution in [2.75, 3.05) is 18.4 Å². The van der Waals surface area contributed by atoms with Gasteiger partial charge in [0.05, 0.1) is 0 Å². The topological polar surface area (TPSA) is 66.9 Å². The van der Waals surface area contributed by atoms with Gasteiger partial charge < -0.3 is 10.6 Å². The zero-order valence-corrected chi connectivity index (χ0v) is 15.0. The van der Waals surface area contributed by atoms with Crippen LogP contribution in [0.25, 0.3) is 0 Å². The Labute approximate surface area is 147 Å². The Balaban J connectivity index is 1.92. The summed E-state index contributed by atoms with van der Waals surface area (Å²) in [7, 11) is 0. The van der Waals surface area contributed by atoms with Gasteiger partial charge in [-0.25, -0.2) is 9.97 Å². The molecule has 0 spiro atoms. The molecule has 2 aromatic rings. The third kappa shape index (κ3) is 5.81. The van der Waals surface area contributed by atoms with E-state index in [1.165, 1.54) is 0 Å². The summed E-state index contributed by atoms with van der Waals surface area (Å²) >= 11 is 5.86. The number of amides is 1. The fourth-order valence-corrected chi connectivity index (χ4v) is 2.25. The first-order chi connectivity index (χ1) is 11.4. The van der Waals surface area contributed by atoms with Crippen molar-refractivity contribution >= 4 is 23.5 Å². The van der Waals surface area contributed by atoms with Crippen LogP contribution in [-0.2, 0) is 6.42 Å². The van der Waals surface area contributed by atoms with Gasteiger partial charge in [0, 0.05) is 23.8 Å². The van der Waals surface area contributed by atoms with E-state index in [0.29, 0.717) is 29.1 Å². The molecule has 0 aliphatic rings. The minimum absolute atomic E-state index is 0.193. The number of hydrogen-bond acceptors (Lipinski definition) is 4. The second-order valence-electron chi connectivity index (χ2n) is 6.13. The summed E-state index contributed by atoms with van der Waals surface area (Å²) in [6.07, 6.45) is 0.741. The molecule has 2 rings (SSSR count). The molecule has 1 aromatic heterocycles. The zero-order chi connectivity index (χ0) is 17.5. The Morgan fingerprint density at radius 3 is 2.58 bits per heavy atom. The smallest absolute Gasteiger partial charge is 0.270 e. The average molecular weight is 347 g/mol. The third-order valence-corrected chi connectivity index (χ3v) is 3.62. The average Bonchev–Trinajstić information content (AvgIpc) is 2.54. The predicted octanol–water partition coefficient (Wildman–Crippen LogP) is 3.48. The summed E-state index contributed by atoms with van der Waals surface area (Å²) in [6.45, 7) is 7.37. The van der Waals surface area contributed by atoms with Gasteiger partial charge in [0.2, 0.25) is 5.95 Å². The number of aryl methyl sites for hydroxylation is 1. The minimum Gasteiger partial charge on any atom is -0.354 e. The second-order valence-corrected chi connectivity index (χ2v) is 6.56. The normalized spacial score (nSPS) is 10.7. The number of halogens is 1. The molecule has 1 aromatic carbocycles. The molecule has 6 heteroatoms. The SMILES string of the molecule is Cc1cc(C(=O)NCCc2ccc(Cl)cc2)nc(NCC(C)C)n1. The van der Waals surface area contributed by atoms with Crippen LogP contribution in [0.3, 0.4) is 0 Å². The summed E-state index contributed by atoms with van der Waals surface area (Å²) in [5, 5.41) is 6.75. The minimum atomic E-state index is -0.193. The Kier molecular flexibility index (Phi) is 6.55. The molecule has 0 saturated heterocycles. The first kappa shape index (κ1) is 18.2. The first-order valence-electron chi connectivity index (χ1n) is 8.06. The molecule has 24 heavy (non-hydrogen) atoms. The summed E-state index contributed by atoms with van der Waals surface area (Å²) in [4.78, 5) is 20.9. The molecule has 0 fully saturated rings. The van der Waals surface area contributed by atoms with Crippen molar-refractivity contribution in [1.29, 1.82) is 0 Å². The van der Waals surface area contributed by atoms with Crippen molar-refractivity contribution in [3.05, 3.63) is 52.3 Å². The van der Waals surface area contributed by atoms with E-state index in [0.717, 1.165) is 24.2 Å². The first-order valence-corrected chi connectivity index (χ1v) is 8.44. The molecule has 0 aliphatic carbocycles. The van der Waals surface area contributed by atoms with Gasteiger partial charge in [-0.05, 0) is 43.0 Å². The molecule has 5 nitrogen and oxygen atoms in total. The quantitative estimate of drug-likeness (QED) is 0.805. The lowest BCUT2D eigenvalue weighted by Crippen LogP contribution is -2.27. The van der Waals surface area contributed by atoms with E-state index in [1.54, 1.807) is 6.07 Å². The largest absolute Gasteiger partial charge is 0.354 e. The van der Waals surface area contributed by atoms with Gasteiger partial charge in [0.1, 0.15) is 5.69 Å². The molecule has 0 radical (unpaired) electrons. The number of carbonyl (C=O) groups excluding carboxylic acids is 1. The van der Waals surface area contributed by atoms with E-state index in [1.807, 2.05) is 31.2 Å². The molecule has 0 saturated carbocycles. The molecule has 0 unspecified atom stereocenters. The fourth-order valence-electron chi connectivity index (χ4n) is 2.12. The Bertz CT molecular complexity index is 686. The van der Waals surface area contributed by atoms with Crippen LogP contribution in [0, 0.1) is 12.8 Å². The fraction of sp³-hybridized carbons (Fsp3) is 0.389. The van der Waals surface area contributed by atoms with Crippen LogP contribution >= 0.6 is 11.6 Å². The summed E-state index contributed by atoms with van der Waals surface area (Å²) in [6, 6.07) is 9.30.